The van der Waals surface area contributed by atoms with Gasteiger partial charge in [-0.25, -0.2) is 4.79 Å². The second-order valence-corrected chi connectivity index (χ2v) is 5.05. The van der Waals surface area contributed by atoms with Gasteiger partial charge in [-0.2, -0.15) is 5.26 Å². The zero-order valence-corrected chi connectivity index (χ0v) is 12.4. The minimum atomic E-state index is -1.09. The number of rotatable bonds is 6. The first kappa shape index (κ1) is 16.5. The van der Waals surface area contributed by atoms with E-state index >= 15 is 0 Å². The van der Waals surface area contributed by atoms with E-state index in [-0.39, 0.29) is 17.2 Å². The van der Waals surface area contributed by atoms with Gasteiger partial charge in [0.05, 0.1) is 11.7 Å². The van der Waals surface area contributed by atoms with E-state index in [4.69, 9.17) is 15.1 Å². The maximum absolute atomic E-state index is 12.0. The molecule has 1 heterocycles. The molecule has 0 aliphatic carbocycles. The van der Waals surface area contributed by atoms with E-state index in [9.17, 15) is 9.59 Å². The number of carboxylic acid groups (broad SMARTS) is 1. The zero-order chi connectivity index (χ0) is 16.7. The van der Waals surface area contributed by atoms with E-state index in [1.807, 2.05) is 6.07 Å². The lowest BCUT2D eigenvalue weighted by Crippen LogP contribution is -2.24. The van der Waals surface area contributed by atoms with Crippen molar-refractivity contribution in [2.75, 3.05) is 18.5 Å². The first-order chi connectivity index (χ1) is 11.1. The zero-order valence-electron chi connectivity index (χ0n) is 12.4. The molecule has 0 bridgehead atoms. The smallest absolute Gasteiger partial charge is 0.335 e. The van der Waals surface area contributed by atoms with Gasteiger partial charge in [0.2, 0.25) is 0 Å². The number of benzene rings is 1. The molecule has 7 heteroatoms. The lowest BCUT2D eigenvalue weighted by Gasteiger charge is -2.09. The van der Waals surface area contributed by atoms with Gasteiger partial charge >= 0.3 is 5.97 Å². The summed E-state index contributed by atoms with van der Waals surface area (Å²) in [4.78, 5) is 22.9. The predicted molar refractivity (Wildman–Crippen MR) is 82.7 cm³/mol. The summed E-state index contributed by atoms with van der Waals surface area (Å²) >= 11 is 0. The van der Waals surface area contributed by atoms with Crippen LogP contribution in [-0.2, 0) is 9.53 Å². The first-order valence-electron chi connectivity index (χ1n) is 7.20. The summed E-state index contributed by atoms with van der Waals surface area (Å²) in [7, 11) is 0. The molecular formula is C16H17N3O4. The van der Waals surface area contributed by atoms with Crippen LogP contribution in [0.15, 0.2) is 36.0 Å². The topological polar surface area (TPSA) is 111 Å². The number of carbonyl (C=O) groups excluding carboxylic acids is 1. The van der Waals surface area contributed by atoms with Crippen molar-refractivity contribution in [2.45, 2.75) is 18.9 Å². The van der Waals surface area contributed by atoms with Crippen LogP contribution in [-0.4, -0.2) is 36.2 Å². The average molecular weight is 315 g/mol. The molecule has 1 atom stereocenters. The second kappa shape index (κ2) is 7.96. The number of hydrogen-bond acceptors (Lipinski definition) is 5. The molecule has 1 saturated heterocycles. The van der Waals surface area contributed by atoms with Gasteiger partial charge in [0.25, 0.3) is 5.91 Å². The standard InChI is InChI=1S/C16H17N3O4/c17-8-12(9-18-10-14-5-2-6-23-14)15(20)19-13-4-1-3-11(7-13)16(21)22/h1,3-4,7,9,14,18H,2,5-6,10H2,(H,19,20)(H,21,22)/b12-9-. The van der Waals surface area contributed by atoms with E-state index in [0.717, 1.165) is 19.4 Å². The van der Waals surface area contributed by atoms with Gasteiger partial charge in [0, 0.05) is 25.0 Å². The molecule has 0 spiro atoms. The van der Waals surface area contributed by atoms with Crippen molar-refractivity contribution >= 4 is 17.6 Å². The molecule has 1 fully saturated rings. The molecule has 0 radical (unpaired) electrons. The minimum absolute atomic E-state index is 0.0572. The summed E-state index contributed by atoms with van der Waals surface area (Å²) < 4.78 is 5.43. The van der Waals surface area contributed by atoms with E-state index < -0.39 is 11.9 Å². The molecule has 0 saturated carbocycles. The third-order valence-electron chi connectivity index (χ3n) is 3.35. The Morgan fingerprint density at radius 3 is 2.96 bits per heavy atom. The average Bonchev–Trinajstić information content (AvgIpc) is 3.05. The highest BCUT2D eigenvalue weighted by molar-refractivity contribution is 6.06. The number of ether oxygens (including phenoxy) is 1. The summed E-state index contributed by atoms with van der Waals surface area (Å²) in [6, 6.07) is 7.63. The molecule has 23 heavy (non-hydrogen) atoms. The van der Waals surface area contributed by atoms with Crippen molar-refractivity contribution in [2.24, 2.45) is 0 Å². The Hall–Kier alpha value is -2.85. The second-order valence-electron chi connectivity index (χ2n) is 5.05. The van der Waals surface area contributed by atoms with Crippen LogP contribution in [0.3, 0.4) is 0 Å². The number of carbonyl (C=O) groups is 2. The fourth-order valence-electron chi connectivity index (χ4n) is 2.17. The van der Waals surface area contributed by atoms with E-state index in [2.05, 4.69) is 10.6 Å². The number of nitriles is 1. The van der Waals surface area contributed by atoms with E-state index in [0.29, 0.717) is 12.2 Å². The largest absolute Gasteiger partial charge is 0.478 e. The van der Waals surface area contributed by atoms with Crippen molar-refractivity contribution < 1.29 is 19.4 Å². The molecular weight excluding hydrogens is 298 g/mol. The molecule has 7 nitrogen and oxygen atoms in total. The van der Waals surface area contributed by atoms with E-state index in [1.165, 1.54) is 24.4 Å². The van der Waals surface area contributed by atoms with Gasteiger partial charge < -0.3 is 20.5 Å². The highest BCUT2D eigenvalue weighted by atomic mass is 16.5. The van der Waals surface area contributed by atoms with Crippen molar-refractivity contribution in [3.8, 4) is 6.07 Å². The van der Waals surface area contributed by atoms with Crippen molar-refractivity contribution in [3.63, 3.8) is 0 Å². The molecule has 0 aromatic heterocycles. The molecule has 2 rings (SSSR count). The first-order valence-corrected chi connectivity index (χ1v) is 7.20. The van der Waals surface area contributed by atoms with Gasteiger partial charge in [-0.05, 0) is 31.0 Å². The van der Waals surface area contributed by atoms with Gasteiger partial charge in [0.1, 0.15) is 11.6 Å². The quantitative estimate of drug-likeness (QED) is 0.542. The lowest BCUT2D eigenvalue weighted by atomic mass is 10.2. The van der Waals surface area contributed by atoms with Gasteiger partial charge in [-0.15, -0.1) is 0 Å². The number of nitrogens with one attached hydrogen (secondary N) is 2. The number of nitrogens with zero attached hydrogens (tertiary/aromatic N) is 1. The summed E-state index contributed by atoms with van der Waals surface area (Å²) in [5, 5.41) is 23.4. The van der Waals surface area contributed by atoms with Crippen LogP contribution in [0.2, 0.25) is 0 Å². The molecule has 1 aliphatic rings. The Bertz CT molecular complexity index is 658. The molecule has 3 N–H and O–H groups in total. The third kappa shape index (κ3) is 4.83. The van der Waals surface area contributed by atoms with Crippen LogP contribution < -0.4 is 10.6 Å². The number of carboxylic acids is 1. The molecule has 1 unspecified atom stereocenters. The Labute approximate surface area is 133 Å². The molecule has 1 aromatic carbocycles. The van der Waals surface area contributed by atoms with Crippen molar-refractivity contribution in [3.05, 3.63) is 41.6 Å². The van der Waals surface area contributed by atoms with Crippen LogP contribution >= 0.6 is 0 Å². The van der Waals surface area contributed by atoms with Gasteiger partial charge in [-0.3, -0.25) is 4.79 Å². The fraction of sp³-hybridized carbons (Fsp3) is 0.312. The molecule has 1 aliphatic heterocycles. The Balaban J connectivity index is 1.95. The SMILES string of the molecule is N#C/C(=C/NCC1CCCO1)C(=O)Nc1cccc(C(=O)O)c1. The van der Waals surface area contributed by atoms with Crippen LogP contribution in [0.4, 0.5) is 5.69 Å². The molecule has 120 valence electrons. The lowest BCUT2D eigenvalue weighted by molar-refractivity contribution is -0.112. The van der Waals surface area contributed by atoms with Crippen molar-refractivity contribution in [1.29, 1.82) is 5.26 Å². The third-order valence-corrected chi connectivity index (χ3v) is 3.35. The Morgan fingerprint density at radius 1 is 1.48 bits per heavy atom. The van der Waals surface area contributed by atoms with Crippen molar-refractivity contribution in [1.82, 2.24) is 5.32 Å². The number of aromatic carboxylic acids is 1. The van der Waals surface area contributed by atoms with Crippen LogP contribution in [0.1, 0.15) is 23.2 Å². The van der Waals surface area contributed by atoms with Gasteiger partial charge in [-0.1, -0.05) is 6.07 Å². The Kier molecular flexibility index (Phi) is 5.72. The van der Waals surface area contributed by atoms with Crippen LogP contribution in [0.25, 0.3) is 0 Å². The van der Waals surface area contributed by atoms with Gasteiger partial charge in [0.15, 0.2) is 0 Å². The molecule has 1 aromatic rings. The summed E-state index contributed by atoms with van der Waals surface area (Å²) in [6.45, 7) is 1.27. The summed E-state index contributed by atoms with van der Waals surface area (Å²) in [5.41, 5.74) is 0.278. The monoisotopic (exact) mass is 315 g/mol. The maximum Gasteiger partial charge on any atom is 0.335 e. The van der Waals surface area contributed by atoms with Crippen LogP contribution in [0.5, 0.6) is 0 Å². The molecule has 1 amide bonds. The van der Waals surface area contributed by atoms with E-state index in [1.54, 1.807) is 6.07 Å². The normalized spacial score (nSPS) is 17.3. The highest BCUT2D eigenvalue weighted by Crippen LogP contribution is 2.12. The summed E-state index contributed by atoms with van der Waals surface area (Å²) in [6.07, 6.45) is 3.41. The fourth-order valence-corrected chi connectivity index (χ4v) is 2.17. The maximum atomic E-state index is 12.0. The Morgan fingerprint density at radius 2 is 2.30 bits per heavy atom. The number of amides is 1. The number of hydrogen-bond donors (Lipinski definition) is 3. The highest BCUT2D eigenvalue weighted by Gasteiger charge is 2.15. The van der Waals surface area contributed by atoms with Crippen LogP contribution in [0, 0.1) is 11.3 Å². The summed E-state index contributed by atoms with van der Waals surface area (Å²) in [5.74, 6) is -1.69. The minimum Gasteiger partial charge on any atom is -0.478 e. The predicted octanol–water partition coefficient (Wildman–Crippen LogP) is 1.50. The number of anilines is 1.